The molecule has 0 aliphatic rings. The molecule has 0 saturated heterocycles. The standard InChI is InChI=1S/C9H10ClIN2O4S/c10-8-3-2-7(6-9(8)13(14)15)18(16,17)12-5-1-4-11/h2-3,6,12H,1,4-5H2. The van der Waals surface area contributed by atoms with Crippen molar-refractivity contribution in [2.75, 3.05) is 11.0 Å². The predicted molar refractivity (Wildman–Crippen MR) is 76.8 cm³/mol. The van der Waals surface area contributed by atoms with E-state index in [4.69, 9.17) is 11.6 Å². The van der Waals surface area contributed by atoms with E-state index in [9.17, 15) is 18.5 Å². The predicted octanol–water partition coefficient (Wildman–Crippen LogP) is 2.35. The lowest BCUT2D eigenvalue weighted by atomic mass is 10.3. The lowest BCUT2D eigenvalue weighted by molar-refractivity contribution is -0.384. The van der Waals surface area contributed by atoms with Crippen LogP contribution in [0.3, 0.4) is 0 Å². The largest absolute Gasteiger partial charge is 0.289 e. The maximum atomic E-state index is 11.8. The van der Waals surface area contributed by atoms with Crippen LogP contribution >= 0.6 is 34.2 Å². The molecule has 0 amide bonds. The maximum Gasteiger partial charge on any atom is 0.289 e. The lowest BCUT2D eigenvalue weighted by Gasteiger charge is -2.06. The van der Waals surface area contributed by atoms with Gasteiger partial charge in [-0.05, 0) is 18.6 Å². The molecule has 0 fully saturated rings. The number of nitro benzene ring substituents is 1. The van der Waals surface area contributed by atoms with Crippen LogP contribution in [0, 0.1) is 10.1 Å². The zero-order chi connectivity index (χ0) is 13.8. The molecule has 0 spiro atoms. The van der Waals surface area contributed by atoms with Crippen LogP contribution in [0.5, 0.6) is 0 Å². The van der Waals surface area contributed by atoms with Crippen LogP contribution in [0.4, 0.5) is 5.69 Å². The highest BCUT2D eigenvalue weighted by Gasteiger charge is 2.20. The smallest absolute Gasteiger partial charge is 0.258 e. The highest BCUT2D eigenvalue weighted by atomic mass is 127. The van der Waals surface area contributed by atoms with Gasteiger partial charge in [-0.2, -0.15) is 0 Å². The van der Waals surface area contributed by atoms with Gasteiger partial charge in [0.25, 0.3) is 5.69 Å². The van der Waals surface area contributed by atoms with Crippen molar-refractivity contribution in [2.45, 2.75) is 11.3 Å². The van der Waals surface area contributed by atoms with Crippen LogP contribution in [-0.2, 0) is 10.0 Å². The molecule has 1 rings (SSSR count). The minimum atomic E-state index is -3.72. The molecule has 1 aromatic rings. The van der Waals surface area contributed by atoms with Crippen molar-refractivity contribution in [1.29, 1.82) is 0 Å². The summed E-state index contributed by atoms with van der Waals surface area (Å²) in [6.07, 6.45) is 0.690. The van der Waals surface area contributed by atoms with Crippen molar-refractivity contribution in [1.82, 2.24) is 4.72 Å². The fourth-order valence-corrected chi connectivity index (χ4v) is 2.82. The summed E-state index contributed by atoms with van der Waals surface area (Å²) in [6.45, 7) is 0.293. The first-order chi connectivity index (χ1) is 8.38. The summed E-state index contributed by atoms with van der Waals surface area (Å²) < 4.78 is 26.8. The van der Waals surface area contributed by atoms with E-state index in [1.807, 2.05) is 0 Å². The molecule has 0 heterocycles. The molecule has 0 saturated carbocycles. The first kappa shape index (κ1) is 15.6. The molecular formula is C9H10ClIN2O4S. The summed E-state index contributed by atoms with van der Waals surface area (Å²) in [5.41, 5.74) is -0.423. The number of hydrogen-bond donors (Lipinski definition) is 1. The normalized spacial score (nSPS) is 11.4. The van der Waals surface area contributed by atoms with E-state index in [2.05, 4.69) is 27.3 Å². The monoisotopic (exact) mass is 404 g/mol. The van der Waals surface area contributed by atoms with Gasteiger partial charge in [0.15, 0.2) is 0 Å². The van der Waals surface area contributed by atoms with Crippen molar-refractivity contribution < 1.29 is 13.3 Å². The number of benzene rings is 1. The molecule has 0 unspecified atom stereocenters. The molecule has 0 radical (unpaired) electrons. The van der Waals surface area contributed by atoms with Crippen molar-refractivity contribution in [3.63, 3.8) is 0 Å². The average Bonchev–Trinajstić information content (AvgIpc) is 2.29. The average molecular weight is 405 g/mol. The SMILES string of the molecule is O=[N+]([O-])c1cc(S(=O)(=O)NCCCI)ccc1Cl. The van der Waals surface area contributed by atoms with Gasteiger partial charge in [-0.1, -0.05) is 34.2 Å². The Morgan fingerprint density at radius 3 is 2.67 bits per heavy atom. The Morgan fingerprint density at radius 1 is 1.44 bits per heavy atom. The second-order valence-electron chi connectivity index (χ2n) is 3.31. The van der Waals surface area contributed by atoms with Crippen molar-refractivity contribution in [3.05, 3.63) is 33.3 Å². The van der Waals surface area contributed by atoms with E-state index in [1.165, 1.54) is 12.1 Å². The molecule has 6 nitrogen and oxygen atoms in total. The van der Waals surface area contributed by atoms with E-state index in [1.54, 1.807) is 0 Å². The number of halogens is 2. The first-order valence-electron chi connectivity index (χ1n) is 4.88. The van der Waals surface area contributed by atoms with Gasteiger partial charge in [0.1, 0.15) is 5.02 Å². The third-order valence-corrected chi connectivity index (χ3v) is 4.57. The Kier molecular flexibility index (Phi) is 5.76. The van der Waals surface area contributed by atoms with Crippen LogP contribution < -0.4 is 4.72 Å². The van der Waals surface area contributed by atoms with E-state index < -0.39 is 20.6 Å². The van der Waals surface area contributed by atoms with E-state index in [0.29, 0.717) is 13.0 Å². The third kappa shape index (κ3) is 4.04. The molecule has 1 N–H and O–H groups in total. The van der Waals surface area contributed by atoms with Gasteiger partial charge in [0.2, 0.25) is 10.0 Å². The summed E-state index contributed by atoms with van der Waals surface area (Å²) >= 11 is 7.74. The van der Waals surface area contributed by atoms with Crippen LogP contribution in [0.1, 0.15) is 6.42 Å². The van der Waals surface area contributed by atoms with Crippen molar-refractivity contribution in [2.24, 2.45) is 0 Å². The molecule has 0 aliphatic carbocycles. The molecule has 0 bridgehead atoms. The maximum absolute atomic E-state index is 11.8. The second kappa shape index (κ2) is 6.64. The Labute approximate surface area is 123 Å². The van der Waals surface area contributed by atoms with Gasteiger partial charge in [0, 0.05) is 17.0 Å². The Morgan fingerprint density at radius 2 is 2.11 bits per heavy atom. The zero-order valence-corrected chi connectivity index (χ0v) is 12.8. The first-order valence-corrected chi connectivity index (χ1v) is 8.26. The highest BCUT2D eigenvalue weighted by molar-refractivity contribution is 14.1. The lowest BCUT2D eigenvalue weighted by Crippen LogP contribution is -2.25. The number of rotatable bonds is 6. The van der Waals surface area contributed by atoms with Gasteiger partial charge in [0.05, 0.1) is 9.82 Å². The summed E-state index contributed by atoms with van der Waals surface area (Å²) in [7, 11) is -3.72. The Balaban J connectivity index is 3.02. The van der Waals surface area contributed by atoms with Gasteiger partial charge >= 0.3 is 0 Å². The minimum Gasteiger partial charge on any atom is -0.258 e. The Bertz CT molecular complexity index is 549. The number of sulfonamides is 1. The summed E-state index contributed by atoms with van der Waals surface area (Å²) in [6, 6.07) is 3.39. The quantitative estimate of drug-likeness (QED) is 0.259. The number of hydrogen-bond acceptors (Lipinski definition) is 4. The van der Waals surface area contributed by atoms with Crippen LogP contribution in [0.2, 0.25) is 5.02 Å². The molecule has 18 heavy (non-hydrogen) atoms. The molecule has 100 valence electrons. The number of nitrogens with one attached hydrogen (secondary N) is 1. The molecule has 0 atom stereocenters. The molecule has 0 aromatic heterocycles. The number of nitro groups is 1. The number of nitrogens with zero attached hydrogens (tertiary/aromatic N) is 1. The summed E-state index contributed by atoms with van der Waals surface area (Å²) in [4.78, 5) is 9.79. The van der Waals surface area contributed by atoms with E-state index >= 15 is 0 Å². The Hall–Kier alpha value is -0.450. The number of alkyl halides is 1. The van der Waals surface area contributed by atoms with Crippen LogP contribution in [0.15, 0.2) is 23.1 Å². The fourth-order valence-electron chi connectivity index (χ4n) is 1.16. The van der Waals surface area contributed by atoms with Gasteiger partial charge < -0.3 is 0 Å². The molecule has 9 heteroatoms. The van der Waals surface area contributed by atoms with E-state index in [0.717, 1.165) is 10.5 Å². The molecular weight excluding hydrogens is 395 g/mol. The van der Waals surface area contributed by atoms with Crippen LogP contribution in [-0.4, -0.2) is 24.3 Å². The van der Waals surface area contributed by atoms with Gasteiger partial charge in [-0.25, -0.2) is 13.1 Å². The van der Waals surface area contributed by atoms with Crippen molar-refractivity contribution in [3.8, 4) is 0 Å². The summed E-state index contributed by atoms with van der Waals surface area (Å²) in [5, 5.41) is 10.6. The second-order valence-corrected chi connectivity index (χ2v) is 6.56. The molecule has 0 aliphatic heterocycles. The van der Waals surface area contributed by atoms with Gasteiger partial charge in [-0.15, -0.1) is 0 Å². The van der Waals surface area contributed by atoms with Gasteiger partial charge in [-0.3, -0.25) is 10.1 Å². The fraction of sp³-hybridized carbons (Fsp3) is 0.333. The van der Waals surface area contributed by atoms with Crippen LogP contribution in [0.25, 0.3) is 0 Å². The van der Waals surface area contributed by atoms with Crippen molar-refractivity contribution >= 4 is 49.9 Å². The topological polar surface area (TPSA) is 89.3 Å². The third-order valence-electron chi connectivity index (χ3n) is 2.03. The highest BCUT2D eigenvalue weighted by Crippen LogP contribution is 2.26. The zero-order valence-electron chi connectivity index (χ0n) is 9.10. The summed E-state index contributed by atoms with van der Waals surface area (Å²) in [5.74, 6) is 0. The minimum absolute atomic E-state index is 0.0915. The molecule has 1 aromatic carbocycles. The van der Waals surface area contributed by atoms with E-state index in [-0.39, 0.29) is 9.92 Å².